The molecule has 0 spiro atoms. The molecule has 1 saturated heterocycles. The molecule has 1 unspecified atom stereocenters. The van der Waals surface area contributed by atoms with E-state index in [0.717, 1.165) is 35.1 Å². The number of piperidine rings is 1. The number of likely N-dealkylation sites (tertiary alicyclic amines) is 1. The number of amides is 2. The van der Waals surface area contributed by atoms with Crippen LogP contribution in [0.1, 0.15) is 56.6 Å². The third-order valence-corrected chi connectivity index (χ3v) is 6.59. The van der Waals surface area contributed by atoms with Crippen LogP contribution in [0.3, 0.4) is 0 Å². The van der Waals surface area contributed by atoms with Crippen molar-refractivity contribution in [3.05, 3.63) is 59.7 Å². The van der Waals surface area contributed by atoms with Gasteiger partial charge in [0, 0.05) is 18.5 Å². The number of benzene rings is 2. The molecule has 1 aliphatic carbocycles. The van der Waals surface area contributed by atoms with E-state index < -0.39 is 17.6 Å². The first-order valence-electron chi connectivity index (χ1n) is 11.4. The third kappa shape index (κ3) is 4.72. The summed E-state index contributed by atoms with van der Waals surface area (Å²) >= 11 is 0. The largest absolute Gasteiger partial charge is 0.481 e. The van der Waals surface area contributed by atoms with Crippen LogP contribution in [-0.4, -0.2) is 52.7 Å². The highest BCUT2D eigenvalue weighted by Gasteiger charge is 2.39. The van der Waals surface area contributed by atoms with Gasteiger partial charge in [-0.3, -0.25) is 9.59 Å². The fraction of sp³-hybridized carbons (Fsp3) is 0.423. The number of rotatable bonds is 6. The van der Waals surface area contributed by atoms with Gasteiger partial charge in [-0.15, -0.1) is 0 Å². The van der Waals surface area contributed by atoms with E-state index in [4.69, 9.17) is 4.74 Å². The molecule has 4 rings (SSSR count). The SMILES string of the molecule is CC(C)(NC(=O)OCC1c2ccccc2-c2ccccc21)C(=O)N1CCCCC1CC(=O)O. The molecule has 2 aliphatic rings. The van der Waals surface area contributed by atoms with Crippen molar-refractivity contribution in [2.45, 2.75) is 57.0 Å². The molecule has 1 heterocycles. The first-order chi connectivity index (χ1) is 15.8. The van der Waals surface area contributed by atoms with Crippen molar-refractivity contribution in [3.63, 3.8) is 0 Å². The van der Waals surface area contributed by atoms with Gasteiger partial charge in [0.1, 0.15) is 12.1 Å². The second kappa shape index (κ2) is 9.25. The fourth-order valence-electron chi connectivity index (χ4n) is 4.98. The van der Waals surface area contributed by atoms with Gasteiger partial charge < -0.3 is 20.1 Å². The Morgan fingerprint density at radius 1 is 1.03 bits per heavy atom. The summed E-state index contributed by atoms with van der Waals surface area (Å²) in [5, 5.41) is 11.9. The molecule has 2 amide bonds. The Morgan fingerprint density at radius 3 is 2.24 bits per heavy atom. The fourth-order valence-corrected chi connectivity index (χ4v) is 4.98. The first-order valence-corrected chi connectivity index (χ1v) is 11.4. The van der Waals surface area contributed by atoms with Crippen molar-refractivity contribution in [2.75, 3.05) is 13.2 Å². The number of carboxylic acids is 1. The summed E-state index contributed by atoms with van der Waals surface area (Å²) in [7, 11) is 0. The molecule has 33 heavy (non-hydrogen) atoms. The zero-order valence-corrected chi connectivity index (χ0v) is 19.0. The van der Waals surface area contributed by atoms with Crippen molar-refractivity contribution in [2.24, 2.45) is 0 Å². The van der Waals surface area contributed by atoms with Crippen molar-refractivity contribution in [1.29, 1.82) is 0 Å². The van der Waals surface area contributed by atoms with E-state index >= 15 is 0 Å². The lowest BCUT2D eigenvalue weighted by Crippen LogP contribution is -2.59. The molecule has 2 aromatic rings. The van der Waals surface area contributed by atoms with E-state index in [2.05, 4.69) is 17.4 Å². The van der Waals surface area contributed by atoms with E-state index in [1.807, 2.05) is 36.4 Å². The Hall–Kier alpha value is -3.35. The average Bonchev–Trinajstić information content (AvgIpc) is 3.11. The second-order valence-corrected chi connectivity index (χ2v) is 9.32. The number of carbonyl (C=O) groups excluding carboxylic acids is 2. The molecule has 0 aromatic heterocycles. The van der Waals surface area contributed by atoms with Crippen molar-refractivity contribution >= 4 is 18.0 Å². The van der Waals surface area contributed by atoms with Crippen LogP contribution in [0.15, 0.2) is 48.5 Å². The number of nitrogens with one attached hydrogen (secondary N) is 1. The second-order valence-electron chi connectivity index (χ2n) is 9.32. The quantitative estimate of drug-likeness (QED) is 0.689. The van der Waals surface area contributed by atoms with E-state index in [0.29, 0.717) is 13.0 Å². The number of carboxylic acid groups (broad SMARTS) is 1. The van der Waals surface area contributed by atoms with Gasteiger partial charge in [-0.25, -0.2) is 4.79 Å². The Kier molecular flexibility index (Phi) is 6.40. The highest BCUT2D eigenvalue weighted by atomic mass is 16.5. The Morgan fingerprint density at radius 2 is 1.64 bits per heavy atom. The molecule has 0 saturated carbocycles. The normalized spacial score (nSPS) is 17.8. The lowest BCUT2D eigenvalue weighted by molar-refractivity contribution is -0.145. The van der Waals surface area contributed by atoms with Gasteiger partial charge in [-0.05, 0) is 55.4 Å². The Labute approximate surface area is 193 Å². The number of fused-ring (bicyclic) bond motifs is 3. The number of hydrogen-bond acceptors (Lipinski definition) is 4. The number of nitrogens with zero attached hydrogens (tertiary/aromatic N) is 1. The van der Waals surface area contributed by atoms with Crippen LogP contribution >= 0.6 is 0 Å². The maximum atomic E-state index is 13.2. The summed E-state index contributed by atoms with van der Waals surface area (Å²) in [5.41, 5.74) is 3.31. The number of aliphatic carboxylic acids is 1. The standard InChI is InChI=1S/C26H30N2O5/c1-26(2,24(31)28-14-8-7-9-17(28)15-23(29)30)27-25(32)33-16-22-20-12-5-3-10-18(20)19-11-4-6-13-21(19)22/h3-6,10-13,17,22H,7-9,14-16H2,1-2H3,(H,27,32)(H,29,30). The molecular weight excluding hydrogens is 420 g/mol. The van der Waals surface area contributed by atoms with Crippen LogP contribution in [0.25, 0.3) is 11.1 Å². The van der Waals surface area contributed by atoms with E-state index in [1.54, 1.807) is 18.7 Å². The van der Waals surface area contributed by atoms with Crippen LogP contribution in [0.2, 0.25) is 0 Å². The minimum absolute atomic E-state index is 0.0657. The number of hydrogen-bond donors (Lipinski definition) is 2. The minimum Gasteiger partial charge on any atom is -0.481 e. The Balaban J connectivity index is 1.41. The third-order valence-electron chi connectivity index (χ3n) is 6.59. The molecule has 0 radical (unpaired) electrons. The van der Waals surface area contributed by atoms with Crippen LogP contribution in [0.5, 0.6) is 0 Å². The molecule has 174 valence electrons. The highest BCUT2D eigenvalue weighted by molar-refractivity contribution is 5.90. The van der Waals surface area contributed by atoms with Gasteiger partial charge in [0.25, 0.3) is 0 Å². The van der Waals surface area contributed by atoms with E-state index in [9.17, 15) is 19.5 Å². The molecule has 7 nitrogen and oxygen atoms in total. The maximum absolute atomic E-state index is 13.2. The topological polar surface area (TPSA) is 95.9 Å². The molecule has 2 aromatic carbocycles. The van der Waals surface area contributed by atoms with Gasteiger partial charge >= 0.3 is 12.1 Å². The summed E-state index contributed by atoms with van der Waals surface area (Å²) in [4.78, 5) is 38.7. The molecule has 1 atom stereocenters. The van der Waals surface area contributed by atoms with Gasteiger partial charge in [0.2, 0.25) is 5.91 Å². The van der Waals surface area contributed by atoms with Crippen molar-refractivity contribution in [1.82, 2.24) is 10.2 Å². The molecule has 2 N–H and O–H groups in total. The minimum atomic E-state index is -1.21. The van der Waals surface area contributed by atoms with E-state index in [1.165, 1.54) is 0 Å². The van der Waals surface area contributed by atoms with Crippen molar-refractivity contribution < 1.29 is 24.2 Å². The predicted octanol–water partition coefficient (Wildman–Crippen LogP) is 4.16. The van der Waals surface area contributed by atoms with Crippen LogP contribution in [0, 0.1) is 0 Å². The molecule has 1 fully saturated rings. The number of alkyl carbamates (subject to hydrolysis) is 1. The Bertz CT molecular complexity index is 1020. The lowest BCUT2D eigenvalue weighted by atomic mass is 9.95. The van der Waals surface area contributed by atoms with Crippen LogP contribution in [-0.2, 0) is 14.3 Å². The summed E-state index contributed by atoms with van der Waals surface area (Å²) in [6.45, 7) is 3.91. The van der Waals surface area contributed by atoms with E-state index in [-0.39, 0.29) is 30.9 Å². The zero-order chi connectivity index (χ0) is 23.6. The van der Waals surface area contributed by atoms with Crippen LogP contribution < -0.4 is 5.32 Å². The summed E-state index contributed by atoms with van der Waals surface area (Å²) in [5.74, 6) is -1.28. The summed E-state index contributed by atoms with van der Waals surface area (Å²) in [6, 6.07) is 15.8. The predicted molar refractivity (Wildman–Crippen MR) is 124 cm³/mol. The molecule has 0 bridgehead atoms. The average molecular weight is 451 g/mol. The summed E-state index contributed by atoms with van der Waals surface area (Å²) in [6.07, 6.45) is 1.61. The monoisotopic (exact) mass is 450 g/mol. The maximum Gasteiger partial charge on any atom is 0.408 e. The number of carbonyl (C=O) groups is 3. The highest BCUT2D eigenvalue weighted by Crippen LogP contribution is 2.44. The summed E-state index contributed by atoms with van der Waals surface area (Å²) < 4.78 is 5.59. The van der Waals surface area contributed by atoms with Gasteiger partial charge in [0.15, 0.2) is 0 Å². The zero-order valence-electron chi connectivity index (χ0n) is 19.0. The number of ether oxygens (including phenoxy) is 1. The van der Waals surface area contributed by atoms with Crippen LogP contribution in [0.4, 0.5) is 4.79 Å². The van der Waals surface area contributed by atoms with Gasteiger partial charge in [-0.2, -0.15) is 0 Å². The molecule has 1 aliphatic heterocycles. The lowest BCUT2D eigenvalue weighted by Gasteiger charge is -2.39. The molecule has 7 heteroatoms. The van der Waals surface area contributed by atoms with Gasteiger partial charge in [-0.1, -0.05) is 48.5 Å². The smallest absolute Gasteiger partial charge is 0.408 e. The molecular formula is C26H30N2O5. The first kappa shape index (κ1) is 22.8. The van der Waals surface area contributed by atoms with Gasteiger partial charge in [0.05, 0.1) is 6.42 Å². The van der Waals surface area contributed by atoms with Crippen molar-refractivity contribution in [3.8, 4) is 11.1 Å².